The Kier molecular flexibility index (Phi) is 7.60. The van der Waals surface area contributed by atoms with Crippen molar-refractivity contribution in [2.75, 3.05) is 6.54 Å². The predicted molar refractivity (Wildman–Crippen MR) is 153 cm³/mol. The minimum atomic E-state index is -0.796. The third-order valence-electron chi connectivity index (χ3n) is 8.63. The number of nitrogens with zero attached hydrogens (tertiary/aromatic N) is 1. The Labute approximate surface area is 246 Å². The van der Waals surface area contributed by atoms with Crippen LogP contribution >= 0.6 is 0 Å². The molecule has 8 heteroatoms. The van der Waals surface area contributed by atoms with Gasteiger partial charge in [0.15, 0.2) is 12.1 Å². The molecule has 8 nitrogen and oxygen atoms in total. The van der Waals surface area contributed by atoms with Gasteiger partial charge in [0.1, 0.15) is 30.5 Å². The average molecular weight is 572 g/mol. The molecular weight excluding hydrogens is 534 g/mol. The van der Waals surface area contributed by atoms with E-state index in [0.717, 1.165) is 16.7 Å². The number of carbonyl (C=O) groups is 1. The third kappa shape index (κ3) is 5.39. The molecule has 4 saturated heterocycles. The van der Waals surface area contributed by atoms with Crippen molar-refractivity contribution in [1.82, 2.24) is 4.90 Å². The molecule has 0 bridgehead atoms. The maximum Gasteiger partial charge on any atom is 0.231 e. The highest BCUT2D eigenvalue weighted by Gasteiger charge is 2.67. The van der Waals surface area contributed by atoms with Crippen LogP contribution in [0.4, 0.5) is 0 Å². The van der Waals surface area contributed by atoms with Gasteiger partial charge in [-0.25, -0.2) is 0 Å². The van der Waals surface area contributed by atoms with E-state index in [1.165, 1.54) is 0 Å². The van der Waals surface area contributed by atoms with Crippen molar-refractivity contribution in [2.45, 2.75) is 82.3 Å². The van der Waals surface area contributed by atoms with Gasteiger partial charge in [-0.2, -0.15) is 0 Å². The lowest BCUT2D eigenvalue weighted by molar-refractivity contribution is -0.236. The molecule has 8 atom stereocenters. The molecule has 0 unspecified atom stereocenters. The molecule has 0 aliphatic carbocycles. The first-order chi connectivity index (χ1) is 20.5. The van der Waals surface area contributed by atoms with Crippen molar-refractivity contribution in [3.8, 4) is 0 Å². The third-order valence-corrected chi connectivity index (χ3v) is 8.63. The van der Waals surface area contributed by atoms with Crippen LogP contribution in [0.15, 0.2) is 91.0 Å². The van der Waals surface area contributed by atoms with Gasteiger partial charge in [0.25, 0.3) is 0 Å². The van der Waals surface area contributed by atoms with Crippen LogP contribution < -0.4 is 0 Å². The van der Waals surface area contributed by atoms with Gasteiger partial charge < -0.3 is 33.3 Å². The number of rotatable bonds is 10. The van der Waals surface area contributed by atoms with E-state index in [4.69, 9.17) is 28.4 Å². The van der Waals surface area contributed by atoms with Gasteiger partial charge in [-0.1, -0.05) is 91.0 Å². The SMILES string of the molecule is CC1(C)O[C@H]2O[C@H]([C@@H]3C(=O)N4C[C@H](OCc5ccccc5)[C@@H](OCc5ccccc5)[C@H]34)[C@H](OCc3ccccc3)[C@H]2O1. The molecule has 0 aromatic heterocycles. The fraction of sp³-hybridized carbons (Fsp3) is 0.441. The van der Waals surface area contributed by atoms with Gasteiger partial charge in [0.2, 0.25) is 5.91 Å². The second-order valence-corrected chi connectivity index (χ2v) is 11.9. The second-order valence-electron chi connectivity index (χ2n) is 11.9. The number of hydrogen-bond donors (Lipinski definition) is 0. The predicted octanol–water partition coefficient (Wildman–Crippen LogP) is 4.46. The molecule has 4 aliphatic heterocycles. The maximum absolute atomic E-state index is 13.7. The van der Waals surface area contributed by atoms with Gasteiger partial charge in [-0.05, 0) is 30.5 Å². The van der Waals surface area contributed by atoms with E-state index in [9.17, 15) is 4.79 Å². The maximum atomic E-state index is 13.7. The van der Waals surface area contributed by atoms with Crippen LogP contribution in [0.1, 0.15) is 30.5 Å². The Hall–Kier alpha value is -3.11. The summed E-state index contributed by atoms with van der Waals surface area (Å²) in [7, 11) is 0. The van der Waals surface area contributed by atoms with E-state index >= 15 is 0 Å². The molecular formula is C34H37NO7. The summed E-state index contributed by atoms with van der Waals surface area (Å²) in [6.45, 7) is 5.46. The number of hydrogen-bond acceptors (Lipinski definition) is 7. The zero-order valence-corrected chi connectivity index (χ0v) is 23.9. The molecule has 220 valence electrons. The second kappa shape index (κ2) is 11.5. The smallest absolute Gasteiger partial charge is 0.231 e. The monoisotopic (exact) mass is 571 g/mol. The van der Waals surface area contributed by atoms with Crippen LogP contribution in [0, 0.1) is 5.92 Å². The van der Waals surface area contributed by atoms with Gasteiger partial charge in [0, 0.05) is 6.54 Å². The molecule has 0 radical (unpaired) electrons. The van der Waals surface area contributed by atoms with E-state index in [1.54, 1.807) is 0 Å². The van der Waals surface area contributed by atoms with Crippen LogP contribution in [0.3, 0.4) is 0 Å². The van der Waals surface area contributed by atoms with E-state index in [-0.39, 0.29) is 24.2 Å². The largest absolute Gasteiger partial charge is 0.369 e. The normalized spacial score (nSPS) is 32.9. The van der Waals surface area contributed by atoms with Crippen molar-refractivity contribution in [1.29, 1.82) is 0 Å². The quantitative estimate of drug-likeness (QED) is 0.333. The fourth-order valence-corrected chi connectivity index (χ4v) is 6.69. The Morgan fingerprint density at radius 2 is 1.24 bits per heavy atom. The molecule has 4 heterocycles. The number of fused-ring (bicyclic) bond motifs is 2. The minimum Gasteiger partial charge on any atom is -0.369 e. The summed E-state index contributed by atoms with van der Waals surface area (Å²) in [6, 6.07) is 29.9. The van der Waals surface area contributed by atoms with Crippen molar-refractivity contribution < 1.29 is 33.2 Å². The first kappa shape index (κ1) is 27.7. The lowest BCUT2D eigenvalue weighted by atomic mass is 9.79. The minimum absolute atomic E-state index is 0.0247. The number of ether oxygens (including phenoxy) is 6. The molecule has 4 fully saturated rings. The number of amides is 1. The number of carbonyl (C=O) groups excluding carboxylic acids is 1. The molecule has 42 heavy (non-hydrogen) atoms. The summed E-state index contributed by atoms with van der Waals surface area (Å²) in [6.07, 6.45) is -2.66. The molecule has 0 saturated carbocycles. The van der Waals surface area contributed by atoms with Crippen LogP contribution in [0.25, 0.3) is 0 Å². The van der Waals surface area contributed by atoms with Crippen molar-refractivity contribution in [3.63, 3.8) is 0 Å². The summed E-state index contributed by atoms with van der Waals surface area (Å²) in [5.41, 5.74) is 3.19. The van der Waals surface area contributed by atoms with E-state index in [0.29, 0.717) is 26.4 Å². The highest BCUT2D eigenvalue weighted by atomic mass is 16.8. The van der Waals surface area contributed by atoms with E-state index in [2.05, 4.69) is 0 Å². The summed E-state index contributed by atoms with van der Waals surface area (Å²) >= 11 is 0. The number of β-lactam (4-membered cyclic amide) rings is 1. The van der Waals surface area contributed by atoms with Crippen LogP contribution in [0.5, 0.6) is 0 Å². The highest BCUT2D eigenvalue weighted by molar-refractivity contribution is 5.88. The Morgan fingerprint density at radius 3 is 1.81 bits per heavy atom. The Morgan fingerprint density at radius 1 is 0.714 bits per heavy atom. The van der Waals surface area contributed by atoms with Crippen molar-refractivity contribution in [3.05, 3.63) is 108 Å². The number of benzene rings is 3. The zero-order chi connectivity index (χ0) is 28.7. The van der Waals surface area contributed by atoms with Crippen LogP contribution in [-0.4, -0.2) is 66.0 Å². The first-order valence-electron chi connectivity index (χ1n) is 14.7. The van der Waals surface area contributed by atoms with Gasteiger partial charge in [0.05, 0.1) is 31.8 Å². The fourth-order valence-electron chi connectivity index (χ4n) is 6.69. The lowest BCUT2D eigenvalue weighted by Gasteiger charge is -2.47. The van der Waals surface area contributed by atoms with Crippen LogP contribution in [-0.2, 0) is 53.0 Å². The van der Waals surface area contributed by atoms with Gasteiger partial charge in [-0.15, -0.1) is 0 Å². The summed E-state index contributed by atoms with van der Waals surface area (Å²) in [5, 5.41) is 0. The van der Waals surface area contributed by atoms with Gasteiger partial charge in [-0.3, -0.25) is 4.79 Å². The molecule has 1 amide bonds. The van der Waals surface area contributed by atoms with E-state index < -0.39 is 36.3 Å². The molecule has 0 N–H and O–H groups in total. The average Bonchev–Trinajstić information content (AvgIpc) is 3.60. The molecule has 7 rings (SSSR count). The Bertz CT molecular complexity index is 1350. The molecule has 4 aliphatic rings. The first-order valence-corrected chi connectivity index (χ1v) is 14.7. The molecule has 3 aromatic rings. The van der Waals surface area contributed by atoms with E-state index in [1.807, 2.05) is 110 Å². The molecule has 3 aromatic carbocycles. The molecule has 0 spiro atoms. The topological polar surface area (TPSA) is 75.7 Å². The summed E-state index contributed by atoms with van der Waals surface area (Å²) < 4.78 is 38.3. The lowest BCUT2D eigenvalue weighted by Crippen LogP contribution is -2.66. The summed E-state index contributed by atoms with van der Waals surface area (Å²) in [5.74, 6) is -1.23. The Balaban J connectivity index is 1.13. The van der Waals surface area contributed by atoms with Crippen LogP contribution in [0.2, 0.25) is 0 Å². The highest BCUT2D eigenvalue weighted by Crippen LogP contribution is 2.48. The van der Waals surface area contributed by atoms with Crippen molar-refractivity contribution >= 4 is 5.91 Å². The summed E-state index contributed by atoms with van der Waals surface area (Å²) in [4.78, 5) is 15.6. The van der Waals surface area contributed by atoms with Crippen molar-refractivity contribution in [2.24, 2.45) is 5.92 Å². The van der Waals surface area contributed by atoms with Gasteiger partial charge >= 0.3 is 0 Å². The zero-order valence-electron chi connectivity index (χ0n) is 23.9. The standard InChI is InChI=1S/C34H37NO7/c1-34(2)41-31-30(39-21-24-16-10-5-11-17-24)29(40-33(31)42-34)26-27-28(38-20-23-14-8-4-9-15-23)25(18-35(27)32(26)36)37-19-22-12-6-3-7-13-22/h3-17,25-31,33H,18-21H2,1-2H3/t25-,26+,27-,28+,29+,30-,31+,33+/m0/s1.